The van der Waals surface area contributed by atoms with Gasteiger partial charge in [-0.3, -0.25) is 0 Å². The van der Waals surface area contributed by atoms with Crippen molar-refractivity contribution in [2.45, 2.75) is 6.92 Å². The second-order valence-corrected chi connectivity index (χ2v) is 4.51. The van der Waals surface area contributed by atoms with Gasteiger partial charge in [0, 0.05) is 10.1 Å². The molecule has 18 heavy (non-hydrogen) atoms. The number of methoxy groups -OCH3 is 1. The van der Waals surface area contributed by atoms with E-state index in [0.717, 1.165) is 10.1 Å². The van der Waals surface area contributed by atoms with E-state index in [4.69, 9.17) is 9.47 Å². The fourth-order valence-electron chi connectivity index (χ4n) is 1.56. The molecule has 0 saturated carbocycles. The Bertz CT molecular complexity index is 589. The van der Waals surface area contributed by atoms with Gasteiger partial charge in [-0.15, -0.1) is 11.3 Å². The lowest BCUT2D eigenvalue weighted by molar-refractivity contribution is 0.0607. The summed E-state index contributed by atoms with van der Waals surface area (Å²) >= 11 is 1.37. The van der Waals surface area contributed by atoms with Crippen molar-refractivity contribution < 1.29 is 14.3 Å². The van der Waals surface area contributed by atoms with Crippen molar-refractivity contribution in [2.75, 3.05) is 13.7 Å². The van der Waals surface area contributed by atoms with Crippen LogP contribution in [0, 0.1) is 0 Å². The van der Waals surface area contributed by atoms with Crippen molar-refractivity contribution in [3.63, 3.8) is 0 Å². The van der Waals surface area contributed by atoms with E-state index in [-0.39, 0.29) is 5.97 Å². The summed E-state index contributed by atoms with van der Waals surface area (Å²) in [6.07, 6.45) is 1.36. The second kappa shape index (κ2) is 5.64. The Morgan fingerprint density at radius 1 is 1.44 bits per heavy atom. The SMILES string of the molecule is CCOC=Nc1c(C(=O)OC)sc2ccccc12. The van der Waals surface area contributed by atoms with E-state index in [2.05, 4.69) is 4.99 Å². The quantitative estimate of drug-likeness (QED) is 0.482. The van der Waals surface area contributed by atoms with Gasteiger partial charge in [0.2, 0.25) is 0 Å². The molecule has 0 aliphatic carbocycles. The summed E-state index contributed by atoms with van der Waals surface area (Å²) in [6, 6.07) is 7.72. The molecule has 0 N–H and O–H groups in total. The van der Waals surface area contributed by atoms with E-state index in [1.54, 1.807) is 0 Å². The van der Waals surface area contributed by atoms with Gasteiger partial charge < -0.3 is 9.47 Å². The van der Waals surface area contributed by atoms with Crippen LogP contribution in [-0.2, 0) is 9.47 Å². The van der Waals surface area contributed by atoms with Crippen LogP contribution in [0.25, 0.3) is 10.1 Å². The number of benzene rings is 1. The van der Waals surface area contributed by atoms with E-state index >= 15 is 0 Å². The number of hydrogen-bond donors (Lipinski definition) is 0. The Labute approximate surface area is 109 Å². The number of rotatable bonds is 4. The number of fused-ring (bicyclic) bond motifs is 1. The van der Waals surface area contributed by atoms with Crippen molar-refractivity contribution in [2.24, 2.45) is 4.99 Å². The highest BCUT2D eigenvalue weighted by molar-refractivity contribution is 7.21. The van der Waals surface area contributed by atoms with Gasteiger partial charge in [-0.1, -0.05) is 18.2 Å². The first-order valence-corrected chi connectivity index (χ1v) is 6.33. The minimum Gasteiger partial charge on any atom is -0.483 e. The molecular weight excluding hydrogens is 250 g/mol. The van der Waals surface area contributed by atoms with Gasteiger partial charge in [-0.25, -0.2) is 9.79 Å². The number of ether oxygens (including phenoxy) is 2. The number of carbonyl (C=O) groups excluding carboxylic acids is 1. The van der Waals surface area contributed by atoms with Crippen molar-refractivity contribution in [1.29, 1.82) is 0 Å². The first-order chi connectivity index (χ1) is 8.77. The maximum Gasteiger partial charge on any atom is 0.350 e. The van der Waals surface area contributed by atoms with Crippen LogP contribution in [0.3, 0.4) is 0 Å². The van der Waals surface area contributed by atoms with E-state index in [1.807, 2.05) is 31.2 Å². The summed E-state index contributed by atoms with van der Waals surface area (Å²) < 4.78 is 10.9. The van der Waals surface area contributed by atoms with Gasteiger partial charge >= 0.3 is 5.97 Å². The zero-order valence-electron chi connectivity index (χ0n) is 10.2. The van der Waals surface area contributed by atoms with Crippen LogP contribution in [0.15, 0.2) is 29.3 Å². The van der Waals surface area contributed by atoms with E-state index in [1.165, 1.54) is 24.8 Å². The van der Waals surface area contributed by atoms with Gasteiger partial charge in [0.1, 0.15) is 4.88 Å². The molecular formula is C13H13NO3S. The molecule has 94 valence electrons. The molecule has 1 heterocycles. The first kappa shape index (κ1) is 12.6. The fourth-order valence-corrected chi connectivity index (χ4v) is 2.62. The highest BCUT2D eigenvalue weighted by atomic mass is 32.1. The molecule has 0 bridgehead atoms. The van der Waals surface area contributed by atoms with Crippen LogP contribution in [0.1, 0.15) is 16.6 Å². The second-order valence-electron chi connectivity index (χ2n) is 3.46. The fraction of sp³-hybridized carbons (Fsp3) is 0.231. The summed E-state index contributed by atoms with van der Waals surface area (Å²) in [5, 5.41) is 0.929. The number of esters is 1. The molecule has 0 saturated heterocycles. The molecule has 1 aromatic carbocycles. The maximum absolute atomic E-state index is 11.7. The lowest BCUT2D eigenvalue weighted by Gasteiger charge is -1.97. The summed E-state index contributed by atoms with van der Waals surface area (Å²) in [5.74, 6) is -0.375. The monoisotopic (exact) mass is 263 g/mol. The molecule has 0 radical (unpaired) electrons. The van der Waals surface area contributed by atoms with E-state index in [0.29, 0.717) is 17.2 Å². The van der Waals surface area contributed by atoms with Crippen molar-refractivity contribution in [3.8, 4) is 0 Å². The Morgan fingerprint density at radius 3 is 2.94 bits per heavy atom. The zero-order chi connectivity index (χ0) is 13.0. The van der Waals surface area contributed by atoms with Crippen LogP contribution in [0.5, 0.6) is 0 Å². The third-order valence-corrected chi connectivity index (χ3v) is 3.50. The van der Waals surface area contributed by atoms with Crippen molar-refractivity contribution in [1.82, 2.24) is 0 Å². The van der Waals surface area contributed by atoms with Gasteiger partial charge in [0.25, 0.3) is 0 Å². The molecule has 0 amide bonds. The van der Waals surface area contributed by atoms with Crippen LogP contribution in [-0.4, -0.2) is 26.1 Å². The number of aliphatic imine (C=N–C) groups is 1. The number of carbonyl (C=O) groups is 1. The number of nitrogens with zero attached hydrogens (tertiary/aromatic N) is 1. The van der Waals surface area contributed by atoms with Crippen LogP contribution < -0.4 is 0 Å². The number of thiophene rings is 1. The standard InChI is InChI=1S/C13H13NO3S/c1-3-17-8-14-11-9-6-4-5-7-10(9)18-12(11)13(15)16-2/h4-8H,3H2,1-2H3. The van der Waals surface area contributed by atoms with Gasteiger partial charge in [-0.05, 0) is 13.0 Å². The highest BCUT2D eigenvalue weighted by Gasteiger charge is 2.18. The normalized spacial score (nSPS) is 11.0. The molecule has 4 nitrogen and oxygen atoms in total. The first-order valence-electron chi connectivity index (χ1n) is 5.52. The van der Waals surface area contributed by atoms with Gasteiger partial charge in [0.15, 0.2) is 6.40 Å². The predicted molar refractivity (Wildman–Crippen MR) is 72.9 cm³/mol. The third-order valence-electron chi connectivity index (χ3n) is 2.36. The zero-order valence-corrected chi connectivity index (χ0v) is 11.0. The molecule has 2 rings (SSSR count). The predicted octanol–water partition coefficient (Wildman–Crippen LogP) is 3.38. The third kappa shape index (κ3) is 2.36. The Kier molecular flexibility index (Phi) is 3.94. The molecule has 0 fully saturated rings. The maximum atomic E-state index is 11.7. The van der Waals surface area contributed by atoms with E-state index < -0.39 is 0 Å². The Morgan fingerprint density at radius 2 is 2.22 bits per heavy atom. The summed E-state index contributed by atoms with van der Waals surface area (Å²) in [5.41, 5.74) is 0.607. The molecule has 5 heteroatoms. The summed E-state index contributed by atoms with van der Waals surface area (Å²) in [6.45, 7) is 2.41. The Hall–Kier alpha value is -1.88. The van der Waals surface area contributed by atoms with Crippen LogP contribution in [0.2, 0.25) is 0 Å². The van der Waals surface area contributed by atoms with Gasteiger partial charge in [0.05, 0.1) is 19.4 Å². The Balaban J connectivity index is 2.54. The van der Waals surface area contributed by atoms with Gasteiger partial charge in [-0.2, -0.15) is 0 Å². The summed E-state index contributed by atoms with van der Waals surface area (Å²) in [4.78, 5) is 16.4. The van der Waals surface area contributed by atoms with Crippen LogP contribution in [0.4, 0.5) is 5.69 Å². The average molecular weight is 263 g/mol. The molecule has 0 aliphatic heterocycles. The smallest absolute Gasteiger partial charge is 0.350 e. The lowest BCUT2D eigenvalue weighted by Crippen LogP contribution is -1.98. The minimum absolute atomic E-state index is 0.375. The molecule has 2 aromatic rings. The van der Waals surface area contributed by atoms with Crippen LogP contribution >= 0.6 is 11.3 Å². The topological polar surface area (TPSA) is 47.9 Å². The van der Waals surface area contributed by atoms with E-state index in [9.17, 15) is 4.79 Å². The average Bonchev–Trinajstić information content (AvgIpc) is 2.77. The van der Waals surface area contributed by atoms with Crippen molar-refractivity contribution in [3.05, 3.63) is 29.1 Å². The molecule has 0 spiro atoms. The molecule has 0 aliphatic rings. The largest absolute Gasteiger partial charge is 0.483 e. The number of hydrogen-bond acceptors (Lipinski definition) is 5. The molecule has 1 aromatic heterocycles. The molecule has 0 unspecified atom stereocenters. The highest BCUT2D eigenvalue weighted by Crippen LogP contribution is 2.37. The summed E-state index contributed by atoms with van der Waals surface area (Å²) in [7, 11) is 1.36. The lowest BCUT2D eigenvalue weighted by atomic mass is 10.2. The van der Waals surface area contributed by atoms with Crippen molar-refractivity contribution >= 4 is 39.5 Å². The minimum atomic E-state index is -0.375. The molecule has 0 atom stereocenters.